The third kappa shape index (κ3) is 5.10. The van der Waals surface area contributed by atoms with E-state index in [1.807, 2.05) is 12.1 Å². The van der Waals surface area contributed by atoms with Gasteiger partial charge in [-0.3, -0.25) is 4.99 Å². The number of hydrogen-bond acceptors (Lipinski definition) is 4. The van der Waals surface area contributed by atoms with E-state index in [0.717, 1.165) is 31.1 Å². The molecule has 6 nitrogen and oxygen atoms in total. The molecule has 0 saturated heterocycles. The normalized spacial score (nSPS) is 16.6. The van der Waals surface area contributed by atoms with Gasteiger partial charge < -0.3 is 20.1 Å². The SMILES string of the molecule is CN=C(NCc1ccnc(OC)c1)NCC1(CCOC)CCC1. The third-order valence-electron chi connectivity index (χ3n) is 4.57. The van der Waals surface area contributed by atoms with Crippen LogP contribution >= 0.6 is 0 Å². The maximum absolute atomic E-state index is 5.24. The van der Waals surface area contributed by atoms with Gasteiger partial charge >= 0.3 is 0 Å². The Morgan fingerprint density at radius 1 is 1.35 bits per heavy atom. The van der Waals surface area contributed by atoms with Crippen molar-refractivity contribution in [1.82, 2.24) is 15.6 Å². The minimum Gasteiger partial charge on any atom is -0.481 e. The lowest BCUT2D eigenvalue weighted by atomic mass is 9.67. The third-order valence-corrected chi connectivity index (χ3v) is 4.57. The molecular formula is C17H28N4O2. The van der Waals surface area contributed by atoms with Crippen LogP contribution in [0.25, 0.3) is 0 Å². The summed E-state index contributed by atoms with van der Waals surface area (Å²) in [5.74, 6) is 1.45. The van der Waals surface area contributed by atoms with E-state index in [1.165, 1.54) is 19.3 Å². The second-order valence-corrected chi connectivity index (χ2v) is 6.08. The van der Waals surface area contributed by atoms with Gasteiger partial charge in [-0.1, -0.05) is 6.42 Å². The lowest BCUT2D eigenvalue weighted by Gasteiger charge is -2.42. The minimum atomic E-state index is 0.369. The van der Waals surface area contributed by atoms with Crippen LogP contribution in [0.15, 0.2) is 23.3 Å². The molecule has 2 N–H and O–H groups in total. The first-order valence-corrected chi connectivity index (χ1v) is 8.14. The minimum absolute atomic E-state index is 0.369. The molecule has 0 unspecified atom stereocenters. The van der Waals surface area contributed by atoms with Crippen LogP contribution in [-0.4, -0.2) is 45.4 Å². The summed E-state index contributed by atoms with van der Waals surface area (Å²) >= 11 is 0. The number of guanidine groups is 1. The smallest absolute Gasteiger partial charge is 0.213 e. The van der Waals surface area contributed by atoms with Crippen molar-refractivity contribution in [3.63, 3.8) is 0 Å². The molecule has 0 spiro atoms. The van der Waals surface area contributed by atoms with Gasteiger partial charge in [0, 0.05) is 46.1 Å². The predicted molar refractivity (Wildman–Crippen MR) is 91.8 cm³/mol. The quantitative estimate of drug-likeness (QED) is 0.566. The van der Waals surface area contributed by atoms with Crippen LogP contribution in [0, 0.1) is 5.41 Å². The Morgan fingerprint density at radius 3 is 2.78 bits per heavy atom. The van der Waals surface area contributed by atoms with E-state index in [2.05, 4.69) is 20.6 Å². The summed E-state index contributed by atoms with van der Waals surface area (Å²) in [5, 5.41) is 6.79. The molecule has 0 aliphatic heterocycles. The number of aromatic nitrogens is 1. The average molecular weight is 320 g/mol. The van der Waals surface area contributed by atoms with Crippen molar-refractivity contribution in [2.45, 2.75) is 32.2 Å². The zero-order valence-corrected chi connectivity index (χ0v) is 14.4. The van der Waals surface area contributed by atoms with Crippen LogP contribution in [0.5, 0.6) is 5.88 Å². The number of nitrogens with zero attached hydrogens (tertiary/aromatic N) is 2. The van der Waals surface area contributed by atoms with Crippen molar-refractivity contribution in [2.75, 3.05) is 34.4 Å². The zero-order valence-electron chi connectivity index (χ0n) is 14.4. The molecule has 0 radical (unpaired) electrons. The van der Waals surface area contributed by atoms with Gasteiger partial charge in [-0.05, 0) is 36.3 Å². The van der Waals surface area contributed by atoms with Crippen molar-refractivity contribution in [3.8, 4) is 5.88 Å². The van der Waals surface area contributed by atoms with Gasteiger partial charge in [0.1, 0.15) is 0 Å². The maximum Gasteiger partial charge on any atom is 0.213 e. The summed E-state index contributed by atoms with van der Waals surface area (Å²) in [5.41, 5.74) is 1.48. The van der Waals surface area contributed by atoms with Crippen LogP contribution in [0.4, 0.5) is 0 Å². The van der Waals surface area contributed by atoms with Gasteiger partial charge in [0.15, 0.2) is 5.96 Å². The van der Waals surface area contributed by atoms with Crippen molar-refractivity contribution < 1.29 is 9.47 Å². The van der Waals surface area contributed by atoms with E-state index in [4.69, 9.17) is 9.47 Å². The fourth-order valence-corrected chi connectivity index (χ4v) is 2.86. The Hall–Kier alpha value is -1.82. The van der Waals surface area contributed by atoms with Gasteiger partial charge in [0.25, 0.3) is 0 Å². The van der Waals surface area contributed by atoms with Crippen LogP contribution in [0.1, 0.15) is 31.2 Å². The molecule has 0 bridgehead atoms. The lowest BCUT2D eigenvalue weighted by molar-refractivity contribution is 0.0732. The number of ether oxygens (including phenoxy) is 2. The Labute approximate surface area is 138 Å². The zero-order chi connectivity index (χ0) is 16.5. The fourth-order valence-electron chi connectivity index (χ4n) is 2.86. The summed E-state index contributed by atoms with van der Waals surface area (Å²) in [4.78, 5) is 8.42. The van der Waals surface area contributed by atoms with Crippen LogP contribution in [-0.2, 0) is 11.3 Å². The van der Waals surface area contributed by atoms with Crippen LogP contribution in [0.3, 0.4) is 0 Å². The molecule has 1 heterocycles. The molecular weight excluding hydrogens is 292 g/mol. The summed E-state index contributed by atoms with van der Waals surface area (Å²) in [6.45, 7) is 2.45. The van der Waals surface area contributed by atoms with E-state index in [1.54, 1.807) is 27.5 Å². The molecule has 1 aliphatic rings. The first-order chi connectivity index (χ1) is 11.2. The molecule has 128 valence electrons. The topological polar surface area (TPSA) is 67.8 Å². The molecule has 0 amide bonds. The second kappa shape index (κ2) is 8.72. The van der Waals surface area contributed by atoms with Crippen LogP contribution in [0.2, 0.25) is 0 Å². The van der Waals surface area contributed by atoms with Gasteiger partial charge in [0.05, 0.1) is 7.11 Å². The van der Waals surface area contributed by atoms with E-state index < -0.39 is 0 Å². The number of nitrogens with one attached hydrogen (secondary N) is 2. The lowest BCUT2D eigenvalue weighted by Crippen LogP contribution is -2.46. The van der Waals surface area contributed by atoms with Gasteiger partial charge in [-0.25, -0.2) is 4.98 Å². The van der Waals surface area contributed by atoms with Gasteiger partial charge in [-0.15, -0.1) is 0 Å². The summed E-state index contributed by atoms with van der Waals surface area (Å²) in [6.07, 6.45) is 6.70. The summed E-state index contributed by atoms with van der Waals surface area (Å²) in [6, 6.07) is 3.89. The molecule has 1 saturated carbocycles. The number of methoxy groups -OCH3 is 2. The number of hydrogen-bond donors (Lipinski definition) is 2. The number of rotatable bonds is 8. The fraction of sp³-hybridized carbons (Fsp3) is 0.647. The molecule has 6 heteroatoms. The molecule has 1 fully saturated rings. The Kier molecular flexibility index (Phi) is 6.65. The average Bonchev–Trinajstić information content (AvgIpc) is 2.56. The Morgan fingerprint density at radius 2 is 2.17 bits per heavy atom. The highest BCUT2D eigenvalue weighted by Crippen LogP contribution is 2.43. The first-order valence-electron chi connectivity index (χ1n) is 8.14. The van der Waals surface area contributed by atoms with E-state index >= 15 is 0 Å². The molecule has 1 aromatic heterocycles. The number of aliphatic imine (C=N–C) groups is 1. The highest BCUT2D eigenvalue weighted by Gasteiger charge is 2.36. The van der Waals surface area contributed by atoms with Gasteiger partial charge in [-0.2, -0.15) is 0 Å². The van der Waals surface area contributed by atoms with Crippen molar-refractivity contribution >= 4 is 5.96 Å². The van der Waals surface area contributed by atoms with Crippen molar-refractivity contribution in [3.05, 3.63) is 23.9 Å². The maximum atomic E-state index is 5.24. The Balaban J connectivity index is 1.81. The largest absolute Gasteiger partial charge is 0.481 e. The summed E-state index contributed by atoms with van der Waals surface area (Å²) < 4.78 is 10.4. The molecule has 23 heavy (non-hydrogen) atoms. The summed E-state index contributed by atoms with van der Waals surface area (Å²) in [7, 11) is 5.19. The molecule has 1 aliphatic carbocycles. The number of pyridine rings is 1. The molecule has 2 rings (SSSR count). The van der Waals surface area contributed by atoms with E-state index in [-0.39, 0.29) is 0 Å². The van der Waals surface area contributed by atoms with E-state index in [9.17, 15) is 0 Å². The standard InChI is InChI=1S/C17H28N4O2/c1-18-16(20-12-14-5-9-19-15(11-14)23-3)21-13-17(6-4-7-17)8-10-22-2/h5,9,11H,4,6-8,10,12-13H2,1-3H3,(H2,18,20,21). The van der Waals surface area contributed by atoms with Gasteiger partial charge in [0.2, 0.25) is 5.88 Å². The molecule has 0 aromatic carbocycles. The predicted octanol–water partition coefficient (Wildman–Crippen LogP) is 1.96. The first kappa shape index (κ1) is 17.5. The monoisotopic (exact) mass is 320 g/mol. The molecule has 1 aromatic rings. The van der Waals surface area contributed by atoms with E-state index in [0.29, 0.717) is 17.8 Å². The highest BCUT2D eigenvalue weighted by atomic mass is 16.5. The molecule has 0 atom stereocenters. The second-order valence-electron chi connectivity index (χ2n) is 6.08. The van der Waals surface area contributed by atoms with Crippen molar-refractivity contribution in [2.24, 2.45) is 10.4 Å². The Bertz CT molecular complexity index is 515. The van der Waals surface area contributed by atoms with Crippen LogP contribution < -0.4 is 15.4 Å². The highest BCUT2D eigenvalue weighted by molar-refractivity contribution is 5.79. The van der Waals surface area contributed by atoms with Crippen molar-refractivity contribution in [1.29, 1.82) is 0 Å².